The summed E-state index contributed by atoms with van der Waals surface area (Å²) >= 11 is 0. The second-order valence-corrected chi connectivity index (χ2v) is 7.28. The summed E-state index contributed by atoms with van der Waals surface area (Å²) in [6.45, 7) is -0.967. The Balaban J connectivity index is 1.88. The highest BCUT2D eigenvalue weighted by Crippen LogP contribution is 2.28. The number of amides is 2. The number of carbonyl (C=O) groups is 2. The minimum Gasteiger partial charge on any atom is -0.394 e. The van der Waals surface area contributed by atoms with E-state index in [2.05, 4.69) is 10.3 Å². The van der Waals surface area contributed by atoms with Gasteiger partial charge in [0.25, 0.3) is 5.91 Å². The summed E-state index contributed by atoms with van der Waals surface area (Å²) in [6, 6.07) is 8.02. The zero-order valence-electron chi connectivity index (χ0n) is 17.5. The Bertz CT molecular complexity index is 1120. The number of nitrogens with zero attached hydrogens (tertiary/aromatic N) is 2. The van der Waals surface area contributed by atoms with Crippen molar-refractivity contribution in [3.8, 4) is 0 Å². The van der Waals surface area contributed by atoms with Crippen molar-refractivity contribution in [2.45, 2.75) is 31.0 Å². The summed E-state index contributed by atoms with van der Waals surface area (Å²) in [5.74, 6) is -2.88. The van der Waals surface area contributed by atoms with E-state index in [0.29, 0.717) is 0 Å². The van der Waals surface area contributed by atoms with Gasteiger partial charge in [-0.1, -0.05) is 30.4 Å². The summed E-state index contributed by atoms with van der Waals surface area (Å²) < 4.78 is 43.5. The van der Waals surface area contributed by atoms with Crippen LogP contribution in [0.4, 0.5) is 19.0 Å². The number of benzene rings is 1. The minimum atomic E-state index is -5.04. The van der Waals surface area contributed by atoms with E-state index in [1.807, 2.05) is 0 Å². The molecule has 13 heteroatoms. The van der Waals surface area contributed by atoms with Crippen LogP contribution in [0.15, 0.2) is 47.4 Å². The first-order chi connectivity index (χ1) is 16.1. The summed E-state index contributed by atoms with van der Waals surface area (Å²) in [5, 5.41) is 23.4. The summed E-state index contributed by atoms with van der Waals surface area (Å²) in [6.07, 6.45) is -4.29. The summed E-state index contributed by atoms with van der Waals surface area (Å²) in [7, 11) is 0. The molecule has 3 rings (SSSR count). The number of hydrogen-bond acceptors (Lipinski definition) is 7. The van der Waals surface area contributed by atoms with Crippen molar-refractivity contribution in [2.24, 2.45) is 0 Å². The zero-order valence-corrected chi connectivity index (χ0v) is 17.5. The van der Waals surface area contributed by atoms with Crippen molar-refractivity contribution in [1.82, 2.24) is 14.9 Å². The van der Waals surface area contributed by atoms with E-state index in [1.165, 1.54) is 30.5 Å². The molecular weight excluding hydrogens is 461 g/mol. The first kappa shape index (κ1) is 25.1. The van der Waals surface area contributed by atoms with Crippen LogP contribution in [0.25, 0.3) is 6.08 Å². The van der Waals surface area contributed by atoms with Crippen LogP contribution in [-0.2, 0) is 9.53 Å². The van der Waals surface area contributed by atoms with Gasteiger partial charge in [-0.05, 0) is 12.1 Å². The Hall–Kier alpha value is -3.55. The highest BCUT2D eigenvalue weighted by molar-refractivity contribution is 6.04. The molecule has 1 saturated heterocycles. The molecule has 1 aromatic carbocycles. The fourth-order valence-electron chi connectivity index (χ4n) is 3.17. The monoisotopic (exact) mass is 482 g/mol. The molecule has 2 amide bonds. The maximum Gasteiger partial charge on any atom is 0.471 e. The molecule has 0 bridgehead atoms. The van der Waals surface area contributed by atoms with Crippen molar-refractivity contribution in [1.29, 1.82) is 0 Å². The number of carbonyl (C=O) groups excluding carboxylic acids is 2. The predicted molar refractivity (Wildman–Crippen MR) is 113 cm³/mol. The average molecular weight is 482 g/mol. The Kier molecular flexibility index (Phi) is 7.81. The molecule has 1 fully saturated rings. The zero-order chi connectivity index (χ0) is 24.9. The molecule has 3 atom stereocenters. The fraction of sp³-hybridized carbons (Fsp3) is 0.333. The lowest BCUT2D eigenvalue weighted by Crippen LogP contribution is -2.36. The van der Waals surface area contributed by atoms with Crippen LogP contribution in [0, 0.1) is 0 Å². The number of halogens is 3. The van der Waals surface area contributed by atoms with Crippen LogP contribution in [0.3, 0.4) is 0 Å². The van der Waals surface area contributed by atoms with Crippen molar-refractivity contribution in [3.05, 3.63) is 64.2 Å². The van der Waals surface area contributed by atoms with E-state index in [9.17, 15) is 37.8 Å². The highest BCUT2D eigenvalue weighted by atomic mass is 19.4. The molecule has 0 aliphatic carbocycles. The molecule has 10 nitrogen and oxygen atoms in total. The van der Waals surface area contributed by atoms with Crippen LogP contribution >= 0.6 is 0 Å². The van der Waals surface area contributed by atoms with Gasteiger partial charge in [0.05, 0.1) is 12.7 Å². The Morgan fingerprint density at radius 2 is 1.97 bits per heavy atom. The molecule has 2 heterocycles. The summed E-state index contributed by atoms with van der Waals surface area (Å²) in [4.78, 5) is 39.9. The van der Waals surface area contributed by atoms with Crippen molar-refractivity contribution >= 4 is 23.7 Å². The standard InChI is InChI=1S/C21H21F3N4O6/c22-21(23,24)19(32)25-8-4-7-13-10-28(16-9-14(30)15(11-29)34-16)20(33)27-17(13)26-18(31)12-5-2-1-3-6-12/h1-7,10,14-16,29-30H,8-9,11H2,(H,25,32)(H,26,27,31,33)/b7-4+/t14-,15+,16+/m0/s1. The van der Waals surface area contributed by atoms with Crippen LogP contribution in [-0.4, -0.2) is 63.1 Å². The molecule has 1 aromatic heterocycles. The summed E-state index contributed by atoms with van der Waals surface area (Å²) in [5.41, 5.74) is -0.439. The highest BCUT2D eigenvalue weighted by Gasteiger charge is 2.38. The number of aromatic nitrogens is 2. The number of alkyl halides is 3. The van der Waals surface area contributed by atoms with Gasteiger partial charge in [0.1, 0.15) is 18.1 Å². The molecule has 0 radical (unpaired) electrons. The number of nitrogens with one attached hydrogen (secondary N) is 2. The molecule has 0 saturated carbocycles. The topological polar surface area (TPSA) is 143 Å². The van der Waals surface area contributed by atoms with Crippen LogP contribution in [0.5, 0.6) is 0 Å². The first-order valence-electron chi connectivity index (χ1n) is 10.1. The Morgan fingerprint density at radius 3 is 2.59 bits per heavy atom. The number of ether oxygens (including phenoxy) is 1. The number of aliphatic hydroxyl groups excluding tert-OH is 2. The third-order valence-electron chi connectivity index (χ3n) is 4.88. The van der Waals surface area contributed by atoms with Crippen molar-refractivity contribution in [3.63, 3.8) is 0 Å². The SMILES string of the molecule is O=C(Nc1nc(=O)n([C@H]2C[C@H](O)[C@@H](CO)O2)cc1/C=C/CNC(=O)C(F)(F)F)c1ccccc1. The normalized spacial score (nSPS) is 20.4. The van der Waals surface area contributed by atoms with Gasteiger partial charge in [0.2, 0.25) is 0 Å². The van der Waals surface area contributed by atoms with Gasteiger partial charge in [-0.3, -0.25) is 14.2 Å². The molecule has 1 aliphatic rings. The lowest BCUT2D eigenvalue weighted by atomic mass is 10.2. The van der Waals surface area contributed by atoms with Crippen LogP contribution in [0.2, 0.25) is 0 Å². The third kappa shape index (κ3) is 6.07. The fourth-order valence-corrected chi connectivity index (χ4v) is 3.17. The van der Waals surface area contributed by atoms with Crippen LogP contribution < -0.4 is 16.3 Å². The van der Waals surface area contributed by atoms with Gasteiger partial charge in [-0.25, -0.2) is 4.79 Å². The Labute approximate surface area is 190 Å². The van der Waals surface area contributed by atoms with E-state index in [-0.39, 0.29) is 23.4 Å². The van der Waals surface area contributed by atoms with Gasteiger partial charge in [-0.2, -0.15) is 18.2 Å². The van der Waals surface area contributed by atoms with Crippen molar-refractivity contribution < 1.29 is 37.7 Å². The minimum absolute atomic E-state index is 0.0205. The molecule has 1 aliphatic heterocycles. The smallest absolute Gasteiger partial charge is 0.394 e. The maximum absolute atomic E-state index is 12.6. The average Bonchev–Trinajstić information content (AvgIpc) is 3.17. The van der Waals surface area contributed by atoms with Crippen LogP contribution in [0.1, 0.15) is 28.6 Å². The molecule has 182 valence electrons. The lowest BCUT2D eigenvalue weighted by Gasteiger charge is -2.16. The van der Waals surface area contributed by atoms with E-state index in [1.54, 1.807) is 23.5 Å². The van der Waals surface area contributed by atoms with E-state index in [4.69, 9.17) is 4.74 Å². The second-order valence-electron chi connectivity index (χ2n) is 7.28. The van der Waals surface area contributed by atoms with Gasteiger partial charge in [-0.15, -0.1) is 0 Å². The van der Waals surface area contributed by atoms with E-state index < -0.39 is 55.3 Å². The number of hydrogen-bond donors (Lipinski definition) is 4. The van der Waals surface area contributed by atoms with Gasteiger partial charge >= 0.3 is 17.8 Å². The maximum atomic E-state index is 12.6. The third-order valence-corrected chi connectivity index (χ3v) is 4.88. The van der Waals surface area contributed by atoms with Crippen molar-refractivity contribution in [2.75, 3.05) is 18.5 Å². The number of anilines is 1. The second kappa shape index (κ2) is 10.6. The van der Waals surface area contributed by atoms with Gasteiger partial charge in [0.15, 0.2) is 0 Å². The van der Waals surface area contributed by atoms with E-state index in [0.717, 1.165) is 4.57 Å². The first-order valence-corrected chi connectivity index (χ1v) is 10.1. The predicted octanol–water partition coefficient (Wildman–Crippen LogP) is 0.828. The quantitative estimate of drug-likeness (QED) is 0.458. The molecule has 0 spiro atoms. The molecule has 34 heavy (non-hydrogen) atoms. The molecular formula is C21H21F3N4O6. The lowest BCUT2D eigenvalue weighted by molar-refractivity contribution is -0.173. The molecule has 0 unspecified atom stereocenters. The Morgan fingerprint density at radius 1 is 1.26 bits per heavy atom. The number of aliphatic hydroxyl groups is 2. The largest absolute Gasteiger partial charge is 0.471 e. The molecule has 2 aromatic rings. The molecule has 4 N–H and O–H groups in total. The van der Waals surface area contributed by atoms with E-state index >= 15 is 0 Å². The van der Waals surface area contributed by atoms with Gasteiger partial charge < -0.3 is 25.6 Å². The number of rotatable bonds is 7. The van der Waals surface area contributed by atoms with Gasteiger partial charge in [0, 0.05) is 30.3 Å².